The maximum Gasteiger partial charge on any atom is 0.246 e. The van der Waals surface area contributed by atoms with Crippen molar-refractivity contribution in [1.29, 1.82) is 0 Å². The van der Waals surface area contributed by atoms with Gasteiger partial charge < -0.3 is 20.1 Å². The zero-order chi connectivity index (χ0) is 23.5. The maximum atomic E-state index is 13.5. The lowest BCUT2D eigenvalue weighted by molar-refractivity contribution is -0.127. The van der Waals surface area contributed by atoms with Gasteiger partial charge in [0.15, 0.2) is 0 Å². The van der Waals surface area contributed by atoms with E-state index in [2.05, 4.69) is 15.5 Å². The monoisotopic (exact) mass is 453 g/mol. The average molecular weight is 454 g/mol. The van der Waals surface area contributed by atoms with E-state index in [-0.39, 0.29) is 17.7 Å². The van der Waals surface area contributed by atoms with Crippen LogP contribution in [0.2, 0.25) is 0 Å². The number of hydrogen-bond donors (Lipinski definition) is 2. The number of amides is 2. The van der Waals surface area contributed by atoms with Gasteiger partial charge in [0.2, 0.25) is 11.8 Å². The summed E-state index contributed by atoms with van der Waals surface area (Å²) in [5, 5.41) is 6.07. The molecule has 0 bridgehead atoms. The number of hydrogen-bond acceptors (Lipinski definition) is 5. The Bertz CT molecular complexity index is 882. The predicted molar refractivity (Wildman–Crippen MR) is 129 cm³/mol. The lowest BCUT2D eigenvalue weighted by Gasteiger charge is -2.36. The summed E-state index contributed by atoms with van der Waals surface area (Å²) in [4.78, 5) is 28.2. The van der Waals surface area contributed by atoms with Crippen LogP contribution in [0.4, 0.5) is 5.69 Å². The molecule has 1 saturated heterocycles. The number of piperidine rings is 1. The Balaban J connectivity index is 1.67. The van der Waals surface area contributed by atoms with Crippen LogP contribution < -0.4 is 15.4 Å². The fourth-order valence-electron chi connectivity index (χ4n) is 4.21. The van der Waals surface area contributed by atoms with Crippen LogP contribution in [0, 0.1) is 5.92 Å². The predicted octanol–water partition coefficient (Wildman–Crippen LogP) is 3.63. The highest BCUT2D eigenvalue weighted by Gasteiger charge is 2.33. The third-order valence-electron chi connectivity index (χ3n) is 5.90. The standard InChI is InChI=1S/C26H35N3O4/c1-3-33-23-13-8-7-12-22(23)28-26(31)24(20-10-5-4-6-11-20)29-17-14-21(15-18-29)25(30)27-16-9-19-32-2/h4-8,10-13,21,24H,3,9,14-19H2,1-2H3,(H,27,30)(H,28,31). The van der Waals surface area contributed by atoms with Crippen LogP contribution >= 0.6 is 0 Å². The molecular weight excluding hydrogens is 418 g/mol. The number of rotatable bonds is 11. The molecule has 2 amide bonds. The third kappa shape index (κ3) is 7.04. The van der Waals surface area contributed by atoms with Crippen LogP contribution in [0.15, 0.2) is 54.6 Å². The van der Waals surface area contributed by atoms with Crippen molar-refractivity contribution in [3.8, 4) is 5.75 Å². The summed E-state index contributed by atoms with van der Waals surface area (Å²) < 4.78 is 10.7. The molecule has 0 aliphatic carbocycles. The molecule has 33 heavy (non-hydrogen) atoms. The highest BCUT2D eigenvalue weighted by Crippen LogP contribution is 2.30. The first-order valence-corrected chi connectivity index (χ1v) is 11.7. The van der Waals surface area contributed by atoms with Gasteiger partial charge in [-0.05, 0) is 57.0 Å². The summed E-state index contributed by atoms with van der Waals surface area (Å²) in [6, 6.07) is 16.8. The van der Waals surface area contributed by atoms with Crippen molar-refractivity contribution in [3.63, 3.8) is 0 Å². The normalized spacial score (nSPS) is 15.6. The van der Waals surface area contributed by atoms with E-state index in [1.165, 1.54) is 0 Å². The largest absolute Gasteiger partial charge is 0.492 e. The molecule has 0 spiro atoms. The summed E-state index contributed by atoms with van der Waals surface area (Å²) in [6.07, 6.45) is 2.26. The summed E-state index contributed by atoms with van der Waals surface area (Å²) in [7, 11) is 1.66. The molecule has 1 aliphatic heterocycles. The number of nitrogens with zero attached hydrogens (tertiary/aromatic N) is 1. The summed E-state index contributed by atoms with van der Waals surface area (Å²) >= 11 is 0. The number of benzene rings is 2. The highest BCUT2D eigenvalue weighted by molar-refractivity contribution is 5.96. The molecule has 1 aliphatic rings. The van der Waals surface area contributed by atoms with Crippen molar-refractivity contribution in [2.45, 2.75) is 32.2 Å². The van der Waals surface area contributed by atoms with E-state index in [9.17, 15) is 9.59 Å². The van der Waals surface area contributed by atoms with Gasteiger partial charge in [-0.2, -0.15) is 0 Å². The van der Waals surface area contributed by atoms with Gasteiger partial charge in [0.25, 0.3) is 0 Å². The van der Waals surface area contributed by atoms with Gasteiger partial charge in [-0.1, -0.05) is 42.5 Å². The van der Waals surface area contributed by atoms with Crippen LogP contribution in [0.5, 0.6) is 5.75 Å². The first-order valence-electron chi connectivity index (χ1n) is 11.7. The van der Waals surface area contributed by atoms with E-state index in [0.717, 1.165) is 24.8 Å². The number of methoxy groups -OCH3 is 1. The van der Waals surface area contributed by atoms with E-state index >= 15 is 0 Å². The molecule has 0 radical (unpaired) electrons. The minimum atomic E-state index is -0.438. The molecule has 1 fully saturated rings. The molecule has 1 unspecified atom stereocenters. The van der Waals surface area contributed by atoms with E-state index in [0.29, 0.717) is 44.3 Å². The fraction of sp³-hybridized carbons (Fsp3) is 0.462. The zero-order valence-corrected chi connectivity index (χ0v) is 19.6. The first-order chi connectivity index (χ1) is 16.1. The van der Waals surface area contributed by atoms with E-state index in [1.807, 2.05) is 61.5 Å². The number of nitrogens with one attached hydrogen (secondary N) is 2. The quantitative estimate of drug-likeness (QED) is 0.508. The summed E-state index contributed by atoms with van der Waals surface area (Å²) in [6.45, 7) is 5.06. The average Bonchev–Trinajstić information content (AvgIpc) is 2.84. The molecule has 3 rings (SSSR count). The Hall–Kier alpha value is -2.90. The number of para-hydroxylation sites is 2. The number of carbonyl (C=O) groups is 2. The second-order valence-corrected chi connectivity index (χ2v) is 8.18. The van der Waals surface area contributed by atoms with Gasteiger partial charge in [0.1, 0.15) is 11.8 Å². The Kier molecular flexibility index (Phi) is 9.72. The Morgan fingerprint density at radius 1 is 1.06 bits per heavy atom. The minimum Gasteiger partial charge on any atom is -0.492 e. The van der Waals surface area contributed by atoms with Crippen LogP contribution in [0.25, 0.3) is 0 Å². The summed E-state index contributed by atoms with van der Waals surface area (Å²) in [5.41, 5.74) is 1.60. The lowest BCUT2D eigenvalue weighted by atomic mass is 9.93. The lowest BCUT2D eigenvalue weighted by Crippen LogP contribution is -2.45. The van der Waals surface area contributed by atoms with Crippen molar-refractivity contribution in [2.75, 3.05) is 45.3 Å². The van der Waals surface area contributed by atoms with E-state index in [4.69, 9.17) is 9.47 Å². The van der Waals surface area contributed by atoms with E-state index in [1.54, 1.807) is 7.11 Å². The smallest absolute Gasteiger partial charge is 0.246 e. The van der Waals surface area contributed by atoms with Gasteiger partial charge in [-0.25, -0.2) is 0 Å². The molecule has 178 valence electrons. The SMILES string of the molecule is CCOc1ccccc1NC(=O)C(c1ccccc1)N1CCC(C(=O)NCCCOC)CC1. The van der Waals surface area contributed by atoms with Gasteiger partial charge in [-0.15, -0.1) is 0 Å². The Morgan fingerprint density at radius 2 is 1.76 bits per heavy atom. The van der Waals surface area contributed by atoms with E-state index < -0.39 is 6.04 Å². The van der Waals surface area contributed by atoms with Crippen LogP contribution in [-0.2, 0) is 14.3 Å². The number of ether oxygens (including phenoxy) is 2. The number of carbonyl (C=O) groups excluding carboxylic acids is 2. The van der Waals surface area contributed by atoms with Crippen molar-refractivity contribution in [3.05, 3.63) is 60.2 Å². The number of anilines is 1. The van der Waals surface area contributed by atoms with Crippen LogP contribution in [0.1, 0.15) is 37.8 Å². The Morgan fingerprint density at radius 3 is 2.45 bits per heavy atom. The Labute approximate surface area is 196 Å². The second kappa shape index (κ2) is 13.0. The van der Waals surface area contributed by atoms with Gasteiger partial charge in [0, 0.05) is 26.2 Å². The third-order valence-corrected chi connectivity index (χ3v) is 5.90. The van der Waals surface area contributed by atoms with Gasteiger partial charge in [-0.3, -0.25) is 14.5 Å². The zero-order valence-electron chi connectivity index (χ0n) is 19.6. The molecule has 1 heterocycles. The molecule has 1 atom stereocenters. The molecular formula is C26H35N3O4. The molecule has 0 saturated carbocycles. The molecule has 2 N–H and O–H groups in total. The minimum absolute atomic E-state index is 0.0260. The molecule has 2 aromatic rings. The topological polar surface area (TPSA) is 79.9 Å². The van der Waals surface area contributed by atoms with Crippen molar-refractivity contribution in [1.82, 2.24) is 10.2 Å². The first kappa shape index (κ1) is 24.7. The maximum absolute atomic E-state index is 13.5. The van der Waals surface area contributed by atoms with Crippen molar-refractivity contribution in [2.24, 2.45) is 5.92 Å². The van der Waals surface area contributed by atoms with Crippen molar-refractivity contribution >= 4 is 17.5 Å². The molecule has 2 aromatic carbocycles. The second-order valence-electron chi connectivity index (χ2n) is 8.18. The fourth-order valence-corrected chi connectivity index (χ4v) is 4.21. The van der Waals surface area contributed by atoms with Crippen molar-refractivity contribution < 1.29 is 19.1 Å². The van der Waals surface area contributed by atoms with Gasteiger partial charge in [0.05, 0.1) is 12.3 Å². The highest BCUT2D eigenvalue weighted by atomic mass is 16.5. The molecule has 0 aromatic heterocycles. The molecule has 7 heteroatoms. The summed E-state index contributed by atoms with van der Waals surface area (Å²) in [5.74, 6) is 0.624. The van der Waals surface area contributed by atoms with Gasteiger partial charge >= 0.3 is 0 Å². The number of likely N-dealkylation sites (tertiary alicyclic amines) is 1. The van der Waals surface area contributed by atoms with Crippen LogP contribution in [-0.4, -0.2) is 56.7 Å². The molecule has 7 nitrogen and oxygen atoms in total. The van der Waals surface area contributed by atoms with Crippen LogP contribution in [0.3, 0.4) is 0 Å².